The molecule has 0 fully saturated rings. The van der Waals surface area contributed by atoms with Crippen LogP contribution in [0.1, 0.15) is 39.3 Å². The second-order valence-corrected chi connectivity index (χ2v) is 6.32. The van der Waals surface area contributed by atoms with Crippen molar-refractivity contribution in [3.63, 3.8) is 0 Å². The van der Waals surface area contributed by atoms with Gasteiger partial charge in [-0.05, 0) is 57.6 Å². The van der Waals surface area contributed by atoms with Crippen LogP contribution in [0.4, 0.5) is 10.5 Å². The third kappa shape index (κ3) is 5.59. The number of hydrogen-bond acceptors (Lipinski definition) is 3. The fraction of sp³-hybridized carbons (Fsp3) is 0.467. The second-order valence-electron chi connectivity index (χ2n) is 5.88. The molecule has 0 aliphatic heterocycles. The third-order valence-electron chi connectivity index (χ3n) is 2.90. The summed E-state index contributed by atoms with van der Waals surface area (Å²) in [4.78, 5) is 13.6. The molecule has 0 radical (unpaired) electrons. The third-order valence-corrected chi connectivity index (χ3v) is 3.00. The van der Waals surface area contributed by atoms with Gasteiger partial charge in [0, 0.05) is 12.7 Å². The standard InChI is InChI=1S/C15H23N3O2S/c1-10(18(5)14(19)20-15(2,3)4)11-7-6-8-12(9-11)17-13(16)21/h6-10H,1-5H3,(H3,16,17,21). The Morgan fingerprint density at radius 2 is 2.05 bits per heavy atom. The highest BCUT2D eigenvalue weighted by molar-refractivity contribution is 7.80. The summed E-state index contributed by atoms with van der Waals surface area (Å²) >= 11 is 4.82. The van der Waals surface area contributed by atoms with Gasteiger partial charge in [-0.1, -0.05) is 12.1 Å². The smallest absolute Gasteiger partial charge is 0.410 e. The fourth-order valence-corrected chi connectivity index (χ4v) is 1.85. The lowest BCUT2D eigenvalue weighted by molar-refractivity contribution is 0.0234. The summed E-state index contributed by atoms with van der Waals surface area (Å²) in [5, 5.41) is 3.09. The average Bonchev–Trinajstić information content (AvgIpc) is 2.34. The Balaban J connectivity index is 2.84. The van der Waals surface area contributed by atoms with Crippen molar-refractivity contribution < 1.29 is 9.53 Å². The van der Waals surface area contributed by atoms with E-state index in [-0.39, 0.29) is 17.2 Å². The van der Waals surface area contributed by atoms with Gasteiger partial charge in [-0.15, -0.1) is 0 Å². The molecule has 1 aromatic carbocycles. The van der Waals surface area contributed by atoms with E-state index in [0.717, 1.165) is 11.3 Å². The minimum atomic E-state index is -0.514. The number of carbonyl (C=O) groups excluding carboxylic acids is 1. The van der Waals surface area contributed by atoms with Crippen LogP contribution in [0.15, 0.2) is 24.3 Å². The van der Waals surface area contributed by atoms with E-state index in [1.165, 1.54) is 0 Å². The number of ether oxygens (including phenoxy) is 1. The zero-order valence-corrected chi connectivity index (χ0v) is 14.0. The highest BCUT2D eigenvalue weighted by Gasteiger charge is 2.23. The van der Waals surface area contributed by atoms with Crippen LogP contribution in [0, 0.1) is 0 Å². The number of anilines is 1. The minimum absolute atomic E-state index is 0.132. The van der Waals surface area contributed by atoms with E-state index in [0.29, 0.717) is 0 Å². The van der Waals surface area contributed by atoms with E-state index >= 15 is 0 Å². The molecule has 3 N–H and O–H groups in total. The number of nitrogens with one attached hydrogen (secondary N) is 1. The number of nitrogens with zero attached hydrogens (tertiary/aromatic N) is 1. The first-order valence-electron chi connectivity index (χ1n) is 6.72. The van der Waals surface area contributed by atoms with Crippen molar-refractivity contribution in [3.05, 3.63) is 29.8 Å². The summed E-state index contributed by atoms with van der Waals surface area (Å²) in [7, 11) is 1.71. The van der Waals surface area contributed by atoms with E-state index in [2.05, 4.69) is 5.32 Å². The number of hydrogen-bond donors (Lipinski definition) is 2. The van der Waals surface area contributed by atoms with Crippen LogP contribution in [0.2, 0.25) is 0 Å². The van der Waals surface area contributed by atoms with Gasteiger partial charge in [0.15, 0.2) is 5.11 Å². The Morgan fingerprint density at radius 1 is 1.43 bits per heavy atom. The molecule has 0 aliphatic carbocycles. The van der Waals surface area contributed by atoms with Crippen molar-refractivity contribution in [1.82, 2.24) is 4.90 Å². The van der Waals surface area contributed by atoms with Gasteiger partial charge < -0.3 is 20.7 Å². The Hall–Kier alpha value is -1.82. The Bertz CT molecular complexity index is 526. The van der Waals surface area contributed by atoms with Crippen LogP contribution >= 0.6 is 12.2 Å². The molecule has 0 saturated heterocycles. The Labute approximate surface area is 131 Å². The monoisotopic (exact) mass is 309 g/mol. The topological polar surface area (TPSA) is 67.6 Å². The van der Waals surface area contributed by atoms with Crippen molar-refractivity contribution in [2.24, 2.45) is 5.73 Å². The number of amides is 1. The largest absolute Gasteiger partial charge is 0.444 e. The predicted molar refractivity (Wildman–Crippen MR) is 89.3 cm³/mol. The maximum atomic E-state index is 12.1. The maximum Gasteiger partial charge on any atom is 0.410 e. The summed E-state index contributed by atoms with van der Waals surface area (Å²) in [6.45, 7) is 7.46. The number of carbonyl (C=O) groups is 1. The van der Waals surface area contributed by atoms with Crippen molar-refractivity contribution >= 4 is 29.1 Å². The molecule has 1 atom stereocenters. The van der Waals surface area contributed by atoms with Crippen molar-refractivity contribution in [2.75, 3.05) is 12.4 Å². The summed E-state index contributed by atoms with van der Waals surface area (Å²) in [6, 6.07) is 7.46. The molecule has 1 amide bonds. The Morgan fingerprint density at radius 3 is 2.57 bits per heavy atom. The molecule has 0 aromatic heterocycles. The van der Waals surface area contributed by atoms with Crippen molar-refractivity contribution in [3.8, 4) is 0 Å². The number of thiocarbonyl (C=S) groups is 1. The molecule has 0 bridgehead atoms. The zero-order valence-electron chi connectivity index (χ0n) is 13.1. The van der Waals surface area contributed by atoms with Gasteiger partial charge in [0.05, 0.1) is 6.04 Å². The van der Waals surface area contributed by atoms with Crippen LogP contribution in [0.5, 0.6) is 0 Å². The highest BCUT2D eigenvalue weighted by Crippen LogP contribution is 2.23. The van der Waals surface area contributed by atoms with Crippen LogP contribution in [0.3, 0.4) is 0 Å². The molecule has 0 heterocycles. The lowest BCUT2D eigenvalue weighted by Gasteiger charge is -2.29. The molecular weight excluding hydrogens is 286 g/mol. The average molecular weight is 309 g/mol. The number of benzene rings is 1. The normalized spacial score (nSPS) is 12.4. The van der Waals surface area contributed by atoms with Gasteiger partial charge in [-0.3, -0.25) is 0 Å². The summed E-state index contributed by atoms with van der Waals surface area (Å²) in [5.41, 5.74) is 6.71. The quantitative estimate of drug-likeness (QED) is 0.839. The van der Waals surface area contributed by atoms with Gasteiger partial charge in [-0.2, -0.15) is 0 Å². The molecule has 0 spiro atoms. The number of nitrogens with two attached hydrogens (primary N) is 1. The van der Waals surface area contributed by atoms with Gasteiger partial charge in [0.2, 0.25) is 0 Å². The van der Waals surface area contributed by atoms with Crippen LogP contribution in [0.25, 0.3) is 0 Å². The maximum absolute atomic E-state index is 12.1. The minimum Gasteiger partial charge on any atom is -0.444 e. The molecule has 0 aliphatic rings. The first-order chi connectivity index (χ1) is 9.60. The molecule has 5 nitrogen and oxygen atoms in total. The molecular formula is C15H23N3O2S. The fourth-order valence-electron chi connectivity index (χ4n) is 1.73. The van der Waals surface area contributed by atoms with Crippen LogP contribution in [-0.2, 0) is 4.74 Å². The van der Waals surface area contributed by atoms with E-state index in [4.69, 9.17) is 22.7 Å². The van der Waals surface area contributed by atoms with Crippen LogP contribution < -0.4 is 11.1 Å². The lowest BCUT2D eigenvalue weighted by atomic mass is 10.1. The number of rotatable bonds is 3. The molecule has 21 heavy (non-hydrogen) atoms. The van der Waals surface area contributed by atoms with E-state index in [1.807, 2.05) is 52.0 Å². The van der Waals surface area contributed by atoms with Crippen molar-refractivity contribution in [2.45, 2.75) is 39.3 Å². The molecule has 1 unspecified atom stereocenters. The molecule has 6 heteroatoms. The van der Waals surface area contributed by atoms with Gasteiger partial charge in [0.25, 0.3) is 0 Å². The van der Waals surface area contributed by atoms with E-state index < -0.39 is 5.60 Å². The molecule has 1 rings (SSSR count). The van der Waals surface area contributed by atoms with E-state index in [1.54, 1.807) is 11.9 Å². The second kappa shape index (κ2) is 6.76. The summed E-state index contributed by atoms with van der Waals surface area (Å²) in [6.07, 6.45) is -0.359. The van der Waals surface area contributed by atoms with Gasteiger partial charge >= 0.3 is 6.09 Å². The first-order valence-corrected chi connectivity index (χ1v) is 7.13. The SMILES string of the molecule is CC(c1cccc(NC(N)=S)c1)N(C)C(=O)OC(C)(C)C. The van der Waals surface area contributed by atoms with Gasteiger partial charge in [-0.25, -0.2) is 4.79 Å². The van der Waals surface area contributed by atoms with Crippen molar-refractivity contribution in [1.29, 1.82) is 0 Å². The van der Waals surface area contributed by atoms with Crippen LogP contribution in [-0.4, -0.2) is 28.8 Å². The summed E-state index contributed by atoms with van der Waals surface area (Å²) in [5.74, 6) is 0. The first kappa shape index (κ1) is 17.2. The van der Waals surface area contributed by atoms with E-state index in [9.17, 15) is 4.79 Å². The molecule has 116 valence electrons. The van der Waals surface area contributed by atoms with Gasteiger partial charge in [0.1, 0.15) is 5.60 Å². The Kier molecular flexibility index (Phi) is 5.54. The highest BCUT2D eigenvalue weighted by atomic mass is 32.1. The molecule has 0 saturated carbocycles. The predicted octanol–water partition coefficient (Wildman–Crippen LogP) is 3.27. The zero-order chi connectivity index (χ0) is 16.2. The lowest BCUT2D eigenvalue weighted by Crippen LogP contribution is -2.35. The summed E-state index contributed by atoms with van der Waals surface area (Å²) < 4.78 is 5.37. The molecule has 1 aromatic rings.